The first-order chi connectivity index (χ1) is 13.0. The number of primary sulfonamides is 1. The summed E-state index contributed by atoms with van der Waals surface area (Å²) in [6.45, 7) is 5.29. The number of esters is 1. The van der Waals surface area contributed by atoms with Crippen molar-refractivity contribution in [3.63, 3.8) is 0 Å². The van der Waals surface area contributed by atoms with Crippen LogP contribution in [0.1, 0.15) is 39.7 Å². The molecule has 11 heteroatoms. The van der Waals surface area contributed by atoms with E-state index in [-0.39, 0.29) is 26.9 Å². The van der Waals surface area contributed by atoms with Crippen LogP contribution in [0, 0.1) is 13.8 Å². The predicted molar refractivity (Wildman–Crippen MR) is 106 cm³/mol. The van der Waals surface area contributed by atoms with Crippen LogP contribution in [0.25, 0.3) is 10.2 Å². The van der Waals surface area contributed by atoms with Gasteiger partial charge in [-0.05, 0) is 44.5 Å². The van der Waals surface area contributed by atoms with Crippen LogP contribution in [-0.2, 0) is 14.8 Å². The molecule has 8 nitrogen and oxygen atoms in total. The average Bonchev–Trinajstić information content (AvgIpc) is 2.88. The van der Waals surface area contributed by atoms with Gasteiger partial charge in [0.2, 0.25) is 10.0 Å². The minimum Gasteiger partial charge on any atom is -0.451 e. The first-order valence-electron chi connectivity index (χ1n) is 8.02. The molecular weight excluding hydrogens is 426 g/mol. The van der Waals surface area contributed by atoms with Crippen molar-refractivity contribution in [3.05, 3.63) is 55.4 Å². The Balaban J connectivity index is 1.91. The van der Waals surface area contributed by atoms with Crippen LogP contribution in [0.3, 0.4) is 0 Å². The number of ether oxygens (including phenoxy) is 1. The normalized spacial score (nSPS) is 12.9. The van der Waals surface area contributed by atoms with Crippen molar-refractivity contribution in [3.8, 4) is 0 Å². The summed E-state index contributed by atoms with van der Waals surface area (Å²) < 4.78 is 28.4. The third kappa shape index (κ3) is 3.81. The molecule has 3 N–H and O–H groups in total. The Morgan fingerprint density at radius 1 is 1.36 bits per heavy atom. The molecule has 3 aromatic rings. The summed E-state index contributed by atoms with van der Waals surface area (Å²) >= 11 is 7.19. The van der Waals surface area contributed by atoms with E-state index >= 15 is 0 Å². The fourth-order valence-corrected chi connectivity index (χ4v) is 4.70. The molecule has 148 valence electrons. The molecule has 0 aliphatic heterocycles. The average molecular weight is 442 g/mol. The number of H-pyrrole nitrogens is 1. The number of hydrogen-bond donors (Lipinski definition) is 2. The maximum atomic E-state index is 12.4. The van der Waals surface area contributed by atoms with Gasteiger partial charge in [-0.2, -0.15) is 0 Å². The van der Waals surface area contributed by atoms with Gasteiger partial charge in [0.05, 0.1) is 16.0 Å². The lowest BCUT2D eigenvalue weighted by molar-refractivity contribution is 0.0320. The first-order valence-corrected chi connectivity index (χ1v) is 10.8. The largest absolute Gasteiger partial charge is 0.451 e. The molecule has 2 heterocycles. The first kappa shape index (κ1) is 20.5. The second kappa shape index (κ2) is 7.28. The number of rotatable bonds is 4. The van der Waals surface area contributed by atoms with Gasteiger partial charge < -0.3 is 9.72 Å². The van der Waals surface area contributed by atoms with Crippen molar-refractivity contribution >= 4 is 49.1 Å². The summed E-state index contributed by atoms with van der Waals surface area (Å²) in [5.74, 6) is -0.622. The van der Waals surface area contributed by atoms with Crippen LogP contribution in [0.5, 0.6) is 0 Å². The van der Waals surface area contributed by atoms with Gasteiger partial charge >= 0.3 is 5.97 Å². The fourth-order valence-electron chi connectivity index (χ4n) is 2.60. The molecular formula is C17H16ClN3O5S2. The summed E-state index contributed by atoms with van der Waals surface area (Å²) in [7, 11) is -4.10. The van der Waals surface area contributed by atoms with Gasteiger partial charge in [0.15, 0.2) is 11.9 Å². The SMILES string of the molecule is Cc1sc2nc(C(C)OC(=O)c3ccc(Cl)c(S(N)(=O)=O)c3)[nH]c(=O)c2c1C. The van der Waals surface area contributed by atoms with Crippen LogP contribution < -0.4 is 10.7 Å². The molecule has 0 fully saturated rings. The molecule has 28 heavy (non-hydrogen) atoms. The van der Waals surface area contributed by atoms with Crippen LogP contribution in [0.2, 0.25) is 5.02 Å². The molecule has 0 bridgehead atoms. The minimum absolute atomic E-state index is 0.0495. The number of nitrogens with one attached hydrogen (secondary N) is 1. The Morgan fingerprint density at radius 3 is 2.68 bits per heavy atom. The van der Waals surface area contributed by atoms with Crippen molar-refractivity contribution in [2.24, 2.45) is 5.14 Å². The Kier molecular flexibility index (Phi) is 5.32. The lowest BCUT2D eigenvalue weighted by Gasteiger charge is -2.13. The topological polar surface area (TPSA) is 132 Å². The molecule has 0 radical (unpaired) electrons. The number of benzene rings is 1. The van der Waals surface area contributed by atoms with E-state index in [1.54, 1.807) is 6.92 Å². The highest BCUT2D eigenvalue weighted by atomic mass is 35.5. The van der Waals surface area contributed by atoms with Crippen LogP contribution >= 0.6 is 22.9 Å². The molecule has 0 saturated carbocycles. The second-order valence-electron chi connectivity index (χ2n) is 6.15. The summed E-state index contributed by atoms with van der Waals surface area (Å²) in [5.41, 5.74) is 0.501. The lowest BCUT2D eigenvalue weighted by Crippen LogP contribution is -2.18. The molecule has 3 rings (SSSR count). The maximum absolute atomic E-state index is 12.4. The minimum atomic E-state index is -4.10. The van der Waals surface area contributed by atoms with Crippen molar-refractivity contribution < 1.29 is 17.9 Å². The molecule has 1 unspecified atom stereocenters. The van der Waals surface area contributed by atoms with E-state index in [4.69, 9.17) is 21.5 Å². The van der Waals surface area contributed by atoms with E-state index in [0.717, 1.165) is 16.5 Å². The number of halogens is 1. The molecule has 0 aliphatic carbocycles. The highest BCUT2D eigenvalue weighted by Gasteiger charge is 2.21. The number of nitrogens with zero attached hydrogens (tertiary/aromatic N) is 1. The van der Waals surface area contributed by atoms with E-state index in [2.05, 4.69) is 9.97 Å². The van der Waals surface area contributed by atoms with Gasteiger partial charge in [0, 0.05) is 4.88 Å². The maximum Gasteiger partial charge on any atom is 0.338 e. The third-order valence-electron chi connectivity index (χ3n) is 4.20. The zero-order valence-electron chi connectivity index (χ0n) is 15.1. The highest BCUT2D eigenvalue weighted by Crippen LogP contribution is 2.27. The summed E-state index contributed by atoms with van der Waals surface area (Å²) in [6, 6.07) is 3.60. The summed E-state index contributed by atoms with van der Waals surface area (Å²) in [5, 5.41) is 5.50. The summed E-state index contributed by atoms with van der Waals surface area (Å²) in [4.78, 5) is 32.9. The Morgan fingerprint density at radius 2 is 2.04 bits per heavy atom. The zero-order valence-corrected chi connectivity index (χ0v) is 17.5. The quantitative estimate of drug-likeness (QED) is 0.598. The molecule has 0 aliphatic rings. The zero-order chi connectivity index (χ0) is 20.8. The molecule has 1 atom stereocenters. The molecule has 2 aromatic heterocycles. The molecule has 1 aromatic carbocycles. The van der Waals surface area contributed by atoms with Crippen molar-refractivity contribution in [1.29, 1.82) is 0 Å². The van der Waals surface area contributed by atoms with Gasteiger partial charge in [0.25, 0.3) is 5.56 Å². The van der Waals surface area contributed by atoms with E-state index < -0.39 is 22.1 Å². The Bertz CT molecular complexity index is 1260. The summed E-state index contributed by atoms with van der Waals surface area (Å²) in [6.07, 6.45) is -0.874. The number of carbonyl (C=O) groups excluding carboxylic acids is 1. The van der Waals surface area contributed by atoms with Crippen LogP contribution in [0.4, 0.5) is 0 Å². The number of nitrogens with two attached hydrogens (primary N) is 1. The van der Waals surface area contributed by atoms with Crippen LogP contribution in [0.15, 0.2) is 27.9 Å². The lowest BCUT2D eigenvalue weighted by atomic mass is 10.2. The number of aromatic nitrogens is 2. The number of aromatic amines is 1. The second-order valence-corrected chi connectivity index (χ2v) is 9.29. The van der Waals surface area contributed by atoms with Crippen LogP contribution in [-0.4, -0.2) is 24.4 Å². The Labute approximate surface area is 169 Å². The molecule has 0 amide bonds. The standard InChI is InChI=1S/C17H16ClN3O5S2/c1-7-9(3)27-16-13(7)15(22)20-14(21-16)8(2)26-17(23)10-4-5-11(18)12(6-10)28(19,24)25/h4-6,8H,1-3H3,(H2,19,24,25)(H,20,21,22). The fraction of sp³-hybridized carbons (Fsp3) is 0.235. The number of sulfonamides is 1. The van der Waals surface area contributed by atoms with Gasteiger partial charge in [-0.3, -0.25) is 4.79 Å². The number of fused-ring (bicyclic) bond motifs is 1. The van der Waals surface area contributed by atoms with E-state index in [0.29, 0.717) is 10.2 Å². The van der Waals surface area contributed by atoms with E-state index in [1.165, 1.54) is 23.5 Å². The predicted octanol–water partition coefficient (Wildman–Crippen LogP) is 2.82. The third-order valence-corrected chi connectivity index (χ3v) is 6.69. The molecule has 0 spiro atoms. The van der Waals surface area contributed by atoms with Gasteiger partial charge in [-0.1, -0.05) is 11.6 Å². The molecule has 0 saturated heterocycles. The Hall–Kier alpha value is -2.27. The van der Waals surface area contributed by atoms with Gasteiger partial charge in [0.1, 0.15) is 9.73 Å². The highest BCUT2D eigenvalue weighted by molar-refractivity contribution is 7.89. The van der Waals surface area contributed by atoms with Crippen molar-refractivity contribution in [2.75, 3.05) is 0 Å². The van der Waals surface area contributed by atoms with E-state index in [9.17, 15) is 18.0 Å². The van der Waals surface area contributed by atoms with Crippen molar-refractivity contribution in [1.82, 2.24) is 9.97 Å². The number of aryl methyl sites for hydroxylation is 2. The smallest absolute Gasteiger partial charge is 0.338 e. The number of carbonyl (C=O) groups is 1. The number of thiophene rings is 1. The monoisotopic (exact) mass is 441 g/mol. The van der Waals surface area contributed by atoms with Gasteiger partial charge in [-0.15, -0.1) is 11.3 Å². The van der Waals surface area contributed by atoms with E-state index in [1.807, 2.05) is 13.8 Å². The number of hydrogen-bond acceptors (Lipinski definition) is 7. The van der Waals surface area contributed by atoms with Crippen molar-refractivity contribution in [2.45, 2.75) is 31.8 Å². The van der Waals surface area contributed by atoms with Gasteiger partial charge in [-0.25, -0.2) is 23.3 Å².